The molecular weight excluding hydrogens is 294 g/mol. The molecule has 1 amide bonds. The van der Waals surface area contributed by atoms with Crippen molar-refractivity contribution in [1.82, 2.24) is 9.97 Å². The second kappa shape index (κ2) is 6.74. The highest BCUT2D eigenvalue weighted by molar-refractivity contribution is 5.91. The van der Waals surface area contributed by atoms with Gasteiger partial charge in [0.2, 0.25) is 17.7 Å². The molecule has 0 spiro atoms. The third kappa shape index (κ3) is 3.74. The molecule has 0 unspecified atom stereocenters. The third-order valence-corrected chi connectivity index (χ3v) is 3.14. The first-order valence-corrected chi connectivity index (χ1v) is 7.04. The van der Waals surface area contributed by atoms with Crippen molar-refractivity contribution in [3.63, 3.8) is 0 Å². The predicted molar refractivity (Wildman–Crippen MR) is 85.1 cm³/mol. The number of ether oxygens (including phenoxy) is 1. The molecule has 0 aliphatic carbocycles. The molecule has 3 aromatic rings. The Balaban J connectivity index is 1.63. The normalized spacial score (nSPS) is 10.3. The Bertz CT molecular complexity index is 782. The largest absolute Gasteiger partial charge is 0.481 e. The molecule has 0 bridgehead atoms. The number of nitrogens with zero attached hydrogens (tertiary/aromatic N) is 2. The highest BCUT2D eigenvalue weighted by Crippen LogP contribution is 2.18. The molecule has 1 N–H and O–H groups in total. The summed E-state index contributed by atoms with van der Waals surface area (Å²) in [5.41, 5.74) is 2.05. The van der Waals surface area contributed by atoms with Gasteiger partial charge in [0.15, 0.2) is 0 Å². The SMILES string of the molecule is COc1ccc(NC(=O)Cc2coc(-c3ccccc3)n2)cn1. The molecule has 23 heavy (non-hydrogen) atoms. The van der Waals surface area contributed by atoms with E-state index in [0.29, 0.717) is 23.2 Å². The maximum absolute atomic E-state index is 12.0. The molecule has 3 rings (SSSR count). The van der Waals surface area contributed by atoms with Gasteiger partial charge in [0, 0.05) is 11.6 Å². The van der Waals surface area contributed by atoms with Gasteiger partial charge in [0.1, 0.15) is 6.26 Å². The summed E-state index contributed by atoms with van der Waals surface area (Å²) in [5.74, 6) is 0.802. The molecule has 0 saturated carbocycles. The highest BCUT2D eigenvalue weighted by atomic mass is 16.5. The van der Waals surface area contributed by atoms with E-state index < -0.39 is 0 Å². The van der Waals surface area contributed by atoms with Gasteiger partial charge in [-0.3, -0.25) is 4.79 Å². The molecule has 1 aromatic carbocycles. The number of pyridine rings is 1. The van der Waals surface area contributed by atoms with Crippen LogP contribution < -0.4 is 10.1 Å². The molecule has 0 fully saturated rings. The zero-order chi connectivity index (χ0) is 16.1. The Labute approximate surface area is 133 Å². The van der Waals surface area contributed by atoms with Gasteiger partial charge in [-0.2, -0.15) is 0 Å². The van der Waals surface area contributed by atoms with E-state index >= 15 is 0 Å². The van der Waals surface area contributed by atoms with Crippen LogP contribution in [0.4, 0.5) is 5.69 Å². The van der Waals surface area contributed by atoms with E-state index in [0.717, 1.165) is 5.56 Å². The topological polar surface area (TPSA) is 77.2 Å². The summed E-state index contributed by atoms with van der Waals surface area (Å²) in [6.45, 7) is 0. The van der Waals surface area contributed by atoms with Crippen molar-refractivity contribution in [3.05, 3.63) is 60.6 Å². The monoisotopic (exact) mass is 309 g/mol. The van der Waals surface area contributed by atoms with Crippen LogP contribution in [0.25, 0.3) is 11.5 Å². The van der Waals surface area contributed by atoms with Crippen LogP contribution in [0.1, 0.15) is 5.69 Å². The summed E-state index contributed by atoms with van der Waals surface area (Å²) in [6.07, 6.45) is 3.16. The molecule has 6 nitrogen and oxygen atoms in total. The standard InChI is InChI=1S/C17H15N3O3/c1-22-16-8-7-13(10-18-16)19-15(21)9-14-11-23-17(20-14)12-5-3-2-4-6-12/h2-8,10-11H,9H2,1H3,(H,19,21). The number of amides is 1. The van der Waals surface area contributed by atoms with E-state index in [-0.39, 0.29) is 12.3 Å². The first kappa shape index (κ1) is 14.8. The lowest BCUT2D eigenvalue weighted by Crippen LogP contribution is -2.14. The smallest absolute Gasteiger partial charge is 0.230 e. The van der Waals surface area contributed by atoms with E-state index in [2.05, 4.69) is 15.3 Å². The van der Waals surface area contributed by atoms with Crippen LogP contribution >= 0.6 is 0 Å². The number of anilines is 1. The van der Waals surface area contributed by atoms with Gasteiger partial charge in [0.05, 0.1) is 31.1 Å². The first-order chi connectivity index (χ1) is 11.2. The van der Waals surface area contributed by atoms with Crippen LogP contribution in [0.2, 0.25) is 0 Å². The fourth-order valence-electron chi connectivity index (χ4n) is 2.05. The molecule has 0 atom stereocenters. The zero-order valence-corrected chi connectivity index (χ0v) is 12.5. The van der Waals surface area contributed by atoms with Gasteiger partial charge >= 0.3 is 0 Å². The maximum atomic E-state index is 12.0. The summed E-state index contributed by atoms with van der Waals surface area (Å²) in [4.78, 5) is 20.4. The van der Waals surface area contributed by atoms with Crippen molar-refractivity contribution in [3.8, 4) is 17.3 Å². The Hall–Kier alpha value is -3.15. The molecule has 0 aliphatic heterocycles. The lowest BCUT2D eigenvalue weighted by Gasteiger charge is -2.04. The Kier molecular flexibility index (Phi) is 4.33. The van der Waals surface area contributed by atoms with Crippen LogP contribution in [0.15, 0.2) is 59.3 Å². The fourth-order valence-corrected chi connectivity index (χ4v) is 2.05. The number of nitrogens with one attached hydrogen (secondary N) is 1. The third-order valence-electron chi connectivity index (χ3n) is 3.14. The van der Waals surface area contributed by atoms with Crippen LogP contribution in [0, 0.1) is 0 Å². The second-order valence-electron chi connectivity index (χ2n) is 4.82. The maximum Gasteiger partial charge on any atom is 0.230 e. The number of oxazole rings is 1. The summed E-state index contributed by atoms with van der Waals surface area (Å²) >= 11 is 0. The predicted octanol–water partition coefficient (Wildman–Crippen LogP) is 2.93. The Morgan fingerprint density at radius 1 is 1.22 bits per heavy atom. The van der Waals surface area contributed by atoms with Crippen LogP contribution in [-0.4, -0.2) is 23.0 Å². The van der Waals surface area contributed by atoms with E-state index in [9.17, 15) is 4.79 Å². The molecular formula is C17H15N3O3. The van der Waals surface area contributed by atoms with Crippen molar-refractivity contribution < 1.29 is 13.9 Å². The zero-order valence-electron chi connectivity index (χ0n) is 12.5. The Morgan fingerprint density at radius 3 is 2.74 bits per heavy atom. The number of carbonyl (C=O) groups excluding carboxylic acids is 1. The number of aromatic nitrogens is 2. The summed E-state index contributed by atoms with van der Waals surface area (Å²) in [5, 5.41) is 2.75. The van der Waals surface area contributed by atoms with Crippen molar-refractivity contribution in [2.75, 3.05) is 12.4 Å². The van der Waals surface area contributed by atoms with Gasteiger partial charge < -0.3 is 14.5 Å². The van der Waals surface area contributed by atoms with Crippen LogP contribution in [-0.2, 0) is 11.2 Å². The molecule has 2 heterocycles. The van der Waals surface area contributed by atoms with Crippen molar-refractivity contribution in [2.24, 2.45) is 0 Å². The summed E-state index contributed by atoms with van der Waals surface area (Å²) in [6, 6.07) is 12.9. The van der Waals surface area contributed by atoms with Gasteiger partial charge in [-0.15, -0.1) is 0 Å². The van der Waals surface area contributed by atoms with Gasteiger partial charge in [-0.1, -0.05) is 18.2 Å². The molecule has 116 valence electrons. The van der Waals surface area contributed by atoms with Crippen molar-refractivity contribution in [2.45, 2.75) is 6.42 Å². The number of methoxy groups -OCH3 is 1. The quantitative estimate of drug-likeness (QED) is 0.784. The minimum atomic E-state index is -0.190. The second-order valence-corrected chi connectivity index (χ2v) is 4.82. The number of benzene rings is 1. The van der Waals surface area contributed by atoms with Crippen molar-refractivity contribution >= 4 is 11.6 Å². The van der Waals surface area contributed by atoms with E-state index in [1.165, 1.54) is 19.6 Å². The molecule has 0 radical (unpaired) electrons. The average Bonchev–Trinajstić information content (AvgIpc) is 3.04. The van der Waals surface area contributed by atoms with Gasteiger partial charge in [-0.25, -0.2) is 9.97 Å². The van der Waals surface area contributed by atoms with Gasteiger partial charge in [-0.05, 0) is 18.2 Å². The summed E-state index contributed by atoms with van der Waals surface area (Å²) < 4.78 is 10.4. The average molecular weight is 309 g/mol. The Morgan fingerprint density at radius 2 is 2.04 bits per heavy atom. The highest BCUT2D eigenvalue weighted by Gasteiger charge is 2.10. The van der Waals surface area contributed by atoms with E-state index in [4.69, 9.17) is 9.15 Å². The van der Waals surface area contributed by atoms with Gasteiger partial charge in [0.25, 0.3) is 0 Å². The number of hydrogen-bond donors (Lipinski definition) is 1. The lowest BCUT2D eigenvalue weighted by atomic mass is 10.2. The molecule has 2 aromatic heterocycles. The molecule has 0 aliphatic rings. The van der Waals surface area contributed by atoms with E-state index in [1.54, 1.807) is 12.1 Å². The first-order valence-electron chi connectivity index (χ1n) is 7.04. The number of carbonyl (C=O) groups is 1. The van der Waals surface area contributed by atoms with Crippen LogP contribution in [0.5, 0.6) is 5.88 Å². The number of rotatable bonds is 5. The lowest BCUT2D eigenvalue weighted by molar-refractivity contribution is -0.115. The van der Waals surface area contributed by atoms with Crippen molar-refractivity contribution in [1.29, 1.82) is 0 Å². The van der Waals surface area contributed by atoms with E-state index in [1.807, 2.05) is 30.3 Å². The summed E-state index contributed by atoms with van der Waals surface area (Å²) in [7, 11) is 1.54. The minimum Gasteiger partial charge on any atom is -0.481 e. The number of hydrogen-bond acceptors (Lipinski definition) is 5. The molecule has 6 heteroatoms. The minimum absolute atomic E-state index is 0.127. The molecule has 0 saturated heterocycles. The fraction of sp³-hybridized carbons (Fsp3) is 0.118. The van der Waals surface area contributed by atoms with Crippen LogP contribution in [0.3, 0.4) is 0 Å².